The Morgan fingerprint density at radius 1 is 0.904 bits per heavy atom. The lowest BCUT2D eigenvalue weighted by atomic mass is 9.86. The molecule has 0 saturated heterocycles. The van der Waals surface area contributed by atoms with Crippen LogP contribution in [-0.2, 0) is 11.0 Å². The molecular weight excluding hydrogens is 654 g/mol. The van der Waals surface area contributed by atoms with E-state index < -0.39 is 7.29 Å². The number of allylic oxidation sites excluding steroid dienone is 5. The van der Waals surface area contributed by atoms with Crippen molar-refractivity contribution in [1.29, 1.82) is 0 Å². The highest BCUT2D eigenvalue weighted by Gasteiger charge is 2.46. The minimum Gasteiger partial charge on any atom is -0.308 e. The van der Waals surface area contributed by atoms with Crippen molar-refractivity contribution in [3.63, 3.8) is 0 Å². The molecule has 3 heterocycles. The zero-order valence-electron chi connectivity index (χ0n) is 30.1. The molecule has 5 aromatic rings. The van der Waals surface area contributed by atoms with Crippen LogP contribution in [0.15, 0.2) is 176 Å². The van der Waals surface area contributed by atoms with Crippen LogP contribution in [0.4, 0.5) is 5.69 Å². The Morgan fingerprint density at radius 3 is 2.38 bits per heavy atom. The van der Waals surface area contributed by atoms with E-state index in [4.69, 9.17) is 0 Å². The van der Waals surface area contributed by atoms with Gasteiger partial charge < -0.3 is 4.67 Å². The quantitative estimate of drug-likeness (QED) is 0.0961. The number of rotatable bonds is 12. The summed E-state index contributed by atoms with van der Waals surface area (Å²) in [5.74, 6) is 0.557. The molecule has 4 nitrogen and oxygen atoms in total. The van der Waals surface area contributed by atoms with Gasteiger partial charge in [0.2, 0.25) is 7.29 Å². The molecule has 1 aliphatic heterocycles. The standard InChI is InChI=1S/C47H46N3OP/c1-5-38(44-19-12-14-30-49-44)24-22-37-23-27-46-43(33-37)42-18-9-10-20-47(42)52(51,41-16-7-6-8-17-41)50(46)45-28-25-39(32-36(45)4)35(3)31-34(2)21-26-40-15-11-13-29-48-40/h5-21,23,25-30,32-34,36,38,45H,1,3,22,24,31H2,2,4H3/b26-21+/t34?,36-,38-,45+,52?/m1/s1. The predicted molar refractivity (Wildman–Crippen MR) is 220 cm³/mol. The van der Waals surface area contributed by atoms with Crippen molar-refractivity contribution in [2.45, 2.75) is 45.1 Å². The van der Waals surface area contributed by atoms with Gasteiger partial charge in [0.05, 0.1) is 17.4 Å². The molecule has 0 amide bonds. The summed E-state index contributed by atoms with van der Waals surface area (Å²) in [6, 6.07) is 36.9. The molecule has 1 aliphatic carbocycles. The summed E-state index contributed by atoms with van der Waals surface area (Å²) in [6.45, 7) is 13.1. The third kappa shape index (κ3) is 7.09. The fraction of sp³-hybridized carbons (Fsp3) is 0.191. The summed E-state index contributed by atoms with van der Waals surface area (Å²) in [5, 5.41) is 1.73. The molecule has 2 aliphatic rings. The Bertz CT molecular complexity index is 2190. The molecule has 0 fully saturated rings. The summed E-state index contributed by atoms with van der Waals surface area (Å²) < 4.78 is 18.3. The maximum atomic E-state index is 16.1. The summed E-state index contributed by atoms with van der Waals surface area (Å²) in [7, 11) is -3.31. The predicted octanol–water partition coefficient (Wildman–Crippen LogP) is 10.9. The van der Waals surface area contributed by atoms with E-state index in [1.165, 1.54) is 5.56 Å². The van der Waals surface area contributed by atoms with Gasteiger partial charge in [0.25, 0.3) is 0 Å². The zero-order valence-corrected chi connectivity index (χ0v) is 30.9. The van der Waals surface area contributed by atoms with E-state index in [0.29, 0.717) is 5.92 Å². The smallest absolute Gasteiger partial charge is 0.230 e. The summed E-state index contributed by atoms with van der Waals surface area (Å²) in [5.41, 5.74) is 8.65. The second-order valence-electron chi connectivity index (χ2n) is 14.0. The van der Waals surface area contributed by atoms with Crippen molar-refractivity contribution in [1.82, 2.24) is 9.97 Å². The third-order valence-electron chi connectivity index (χ3n) is 10.3. The van der Waals surface area contributed by atoms with Crippen LogP contribution in [0, 0.1) is 11.8 Å². The van der Waals surface area contributed by atoms with Crippen LogP contribution < -0.4 is 15.3 Å². The lowest BCUT2D eigenvalue weighted by Crippen LogP contribution is -2.45. The molecule has 0 radical (unpaired) electrons. The number of fused-ring (bicyclic) bond motifs is 3. The number of benzene rings is 3. The minimum atomic E-state index is -3.31. The van der Waals surface area contributed by atoms with E-state index in [1.54, 1.807) is 0 Å². The minimum absolute atomic E-state index is 0.0812. The summed E-state index contributed by atoms with van der Waals surface area (Å²) in [4.78, 5) is 9.01. The first-order chi connectivity index (χ1) is 25.4. The lowest BCUT2D eigenvalue weighted by Gasteiger charge is -2.46. The normalized spacial score (nSPS) is 20.4. The molecule has 0 saturated carbocycles. The van der Waals surface area contributed by atoms with E-state index >= 15 is 4.57 Å². The van der Waals surface area contributed by atoms with Gasteiger partial charge >= 0.3 is 0 Å². The molecule has 7 rings (SSSR count). The first kappa shape index (κ1) is 35.1. The number of pyridine rings is 2. The van der Waals surface area contributed by atoms with E-state index in [0.717, 1.165) is 69.2 Å². The van der Waals surface area contributed by atoms with E-state index in [9.17, 15) is 0 Å². The molecule has 0 spiro atoms. The van der Waals surface area contributed by atoms with Crippen molar-refractivity contribution in [2.75, 3.05) is 4.67 Å². The van der Waals surface area contributed by atoms with E-state index in [-0.39, 0.29) is 17.9 Å². The number of hydrogen-bond acceptors (Lipinski definition) is 3. The zero-order chi connectivity index (χ0) is 36.1. The van der Waals surface area contributed by atoms with Gasteiger partial charge in [0.15, 0.2) is 0 Å². The molecule has 260 valence electrons. The maximum Gasteiger partial charge on any atom is 0.230 e. The Hall–Kier alpha value is -5.31. The second-order valence-corrected chi connectivity index (χ2v) is 16.6. The van der Waals surface area contributed by atoms with E-state index in [2.05, 4.69) is 114 Å². The van der Waals surface area contributed by atoms with Crippen LogP contribution in [0.5, 0.6) is 0 Å². The Kier molecular flexibility index (Phi) is 10.5. The molecule has 2 aromatic heterocycles. The van der Waals surface area contributed by atoms with Crippen LogP contribution in [0.1, 0.15) is 49.6 Å². The van der Waals surface area contributed by atoms with Gasteiger partial charge in [-0.05, 0) is 114 Å². The number of hydrogen-bond donors (Lipinski definition) is 0. The molecule has 52 heavy (non-hydrogen) atoms. The van der Waals surface area contributed by atoms with Crippen LogP contribution in [0.2, 0.25) is 0 Å². The molecular formula is C47H46N3OP. The van der Waals surface area contributed by atoms with Crippen molar-refractivity contribution in [3.8, 4) is 11.1 Å². The SMILES string of the molecule is C=C[C@H](CCc1ccc2c(c1)-c1ccccc1P(=O)(c1ccccc1)N2[C@H]1C=CC(C(=C)CC(C)/C=C/c2ccccn2)=C[C@H]1C)c1ccccn1. The Morgan fingerprint density at radius 2 is 1.65 bits per heavy atom. The summed E-state index contributed by atoms with van der Waals surface area (Å²) in [6.07, 6.45) is 19.3. The van der Waals surface area contributed by atoms with Gasteiger partial charge in [-0.3, -0.25) is 14.5 Å². The maximum absolute atomic E-state index is 16.1. The first-order valence-electron chi connectivity index (χ1n) is 18.3. The van der Waals surface area contributed by atoms with Crippen LogP contribution in [-0.4, -0.2) is 16.0 Å². The average molecular weight is 700 g/mol. The lowest BCUT2D eigenvalue weighted by molar-refractivity contribution is 0.563. The fourth-order valence-corrected chi connectivity index (χ4v) is 10.9. The third-order valence-corrected chi connectivity index (χ3v) is 13.5. The molecule has 3 aromatic carbocycles. The highest BCUT2D eigenvalue weighted by atomic mass is 31.2. The number of aryl methyl sites for hydroxylation is 1. The van der Waals surface area contributed by atoms with Gasteiger partial charge in [-0.15, -0.1) is 6.58 Å². The van der Waals surface area contributed by atoms with Crippen LogP contribution in [0.25, 0.3) is 17.2 Å². The number of anilines is 1. The van der Waals surface area contributed by atoms with Crippen molar-refractivity contribution < 1.29 is 4.57 Å². The Labute approximate surface area is 309 Å². The largest absolute Gasteiger partial charge is 0.308 e. The molecule has 5 heteroatoms. The van der Waals surface area contributed by atoms with Gasteiger partial charge in [-0.2, -0.15) is 0 Å². The highest BCUT2D eigenvalue weighted by Crippen LogP contribution is 2.60. The first-order valence-corrected chi connectivity index (χ1v) is 19.9. The van der Waals surface area contributed by atoms with Crippen molar-refractivity contribution in [3.05, 3.63) is 193 Å². The van der Waals surface area contributed by atoms with Crippen LogP contribution >= 0.6 is 7.29 Å². The second kappa shape index (κ2) is 15.5. The van der Waals surface area contributed by atoms with Gasteiger partial charge in [-0.1, -0.05) is 105 Å². The van der Waals surface area contributed by atoms with Gasteiger partial charge in [0.1, 0.15) is 0 Å². The highest BCUT2D eigenvalue weighted by molar-refractivity contribution is 7.80. The Balaban J connectivity index is 1.21. The van der Waals surface area contributed by atoms with Gasteiger partial charge in [-0.25, -0.2) is 0 Å². The number of nitrogens with zero attached hydrogens (tertiary/aromatic N) is 3. The molecule has 5 atom stereocenters. The van der Waals surface area contributed by atoms with Crippen molar-refractivity contribution in [2.24, 2.45) is 11.8 Å². The summed E-state index contributed by atoms with van der Waals surface area (Å²) >= 11 is 0. The number of aromatic nitrogens is 2. The average Bonchev–Trinajstić information content (AvgIpc) is 3.19. The fourth-order valence-electron chi connectivity index (χ4n) is 7.60. The molecule has 2 unspecified atom stereocenters. The molecule has 0 N–H and O–H groups in total. The van der Waals surface area contributed by atoms with Crippen LogP contribution in [0.3, 0.4) is 0 Å². The van der Waals surface area contributed by atoms with Crippen molar-refractivity contribution >= 4 is 29.7 Å². The monoisotopic (exact) mass is 699 g/mol. The topological polar surface area (TPSA) is 46.1 Å². The molecule has 0 bridgehead atoms. The van der Waals surface area contributed by atoms with E-state index in [1.807, 2.05) is 85.2 Å². The van der Waals surface area contributed by atoms with Gasteiger partial charge in [0, 0.05) is 40.2 Å².